The highest BCUT2D eigenvalue weighted by molar-refractivity contribution is 6.31. The summed E-state index contributed by atoms with van der Waals surface area (Å²) in [7, 11) is 0. The number of unbranched alkanes of at least 4 members (excludes halogenated alkanes) is 1. The number of nitrogens with zero attached hydrogens (tertiary/aromatic N) is 1. The third-order valence-corrected chi connectivity index (χ3v) is 2.88. The van der Waals surface area contributed by atoms with Crippen molar-refractivity contribution in [1.29, 1.82) is 0 Å². The fourth-order valence-electron chi connectivity index (χ4n) is 1.34. The Hall–Kier alpha value is -0.270. The van der Waals surface area contributed by atoms with Crippen molar-refractivity contribution in [2.45, 2.75) is 38.0 Å². The molecular weight excluding hydrogens is 217 g/mol. The van der Waals surface area contributed by atoms with Gasteiger partial charge in [-0.1, -0.05) is 31.4 Å². The van der Waals surface area contributed by atoms with Crippen LogP contribution in [0.5, 0.6) is 0 Å². The van der Waals surface area contributed by atoms with Gasteiger partial charge in [-0.3, -0.25) is 4.98 Å². The van der Waals surface area contributed by atoms with Crippen molar-refractivity contribution in [2.24, 2.45) is 0 Å². The van der Waals surface area contributed by atoms with Crippen LogP contribution in [-0.4, -0.2) is 10.4 Å². The molecule has 1 heterocycles. The summed E-state index contributed by atoms with van der Waals surface area (Å²) in [5.74, 6) is 0. The first kappa shape index (κ1) is 11.8. The minimum Gasteiger partial charge on any atom is -0.263 e. The Morgan fingerprint density at radius 2 is 2.29 bits per heavy atom. The molecule has 1 nitrogen and oxygen atoms in total. The second-order valence-corrected chi connectivity index (χ2v) is 4.44. The topological polar surface area (TPSA) is 12.9 Å². The van der Waals surface area contributed by atoms with E-state index in [2.05, 4.69) is 11.9 Å². The van der Waals surface area contributed by atoms with Crippen molar-refractivity contribution >= 4 is 23.2 Å². The summed E-state index contributed by atoms with van der Waals surface area (Å²) in [4.78, 5) is 3.94. The molecule has 1 unspecified atom stereocenters. The molecule has 0 amide bonds. The zero-order chi connectivity index (χ0) is 10.4. The smallest absolute Gasteiger partial charge is 0.0621 e. The van der Waals surface area contributed by atoms with Gasteiger partial charge in [-0.05, 0) is 24.5 Å². The number of alkyl halides is 1. The van der Waals surface area contributed by atoms with Crippen LogP contribution < -0.4 is 0 Å². The molecule has 14 heavy (non-hydrogen) atoms. The second kappa shape index (κ2) is 6.26. The first-order valence-corrected chi connectivity index (χ1v) is 5.78. The largest absolute Gasteiger partial charge is 0.263 e. The Morgan fingerprint density at radius 3 is 2.93 bits per heavy atom. The number of rotatable bonds is 5. The summed E-state index contributed by atoms with van der Waals surface area (Å²) in [5.41, 5.74) is 1.10. The molecule has 0 aromatic carbocycles. The van der Waals surface area contributed by atoms with Crippen LogP contribution in [-0.2, 0) is 6.42 Å². The van der Waals surface area contributed by atoms with Crippen LogP contribution in [0, 0.1) is 0 Å². The average molecular weight is 232 g/mol. The SMILES string of the molecule is CCCCC(Cl)Cc1ccncc1Cl. The van der Waals surface area contributed by atoms with Crippen LogP contribution >= 0.6 is 23.2 Å². The van der Waals surface area contributed by atoms with Gasteiger partial charge in [-0.25, -0.2) is 0 Å². The monoisotopic (exact) mass is 231 g/mol. The summed E-state index contributed by atoms with van der Waals surface area (Å²) < 4.78 is 0. The molecule has 1 aromatic heterocycles. The summed E-state index contributed by atoms with van der Waals surface area (Å²) in [6.45, 7) is 2.17. The van der Waals surface area contributed by atoms with Gasteiger partial charge in [0.05, 0.1) is 5.02 Å². The number of halogens is 2. The van der Waals surface area contributed by atoms with Crippen LogP contribution in [0.15, 0.2) is 18.5 Å². The summed E-state index contributed by atoms with van der Waals surface area (Å²) >= 11 is 12.2. The number of hydrogen-bond acceptors (Lipinski definition) is 1. The van der Waals surface area contributed by atoms with Crippen LogP contribution in [0.4, 0.5) is 0 Å². The standard InChI is InChI=1S/C11H15Cl2N/c1-2-3-4-10(12)7-9-5-6-14-8-11(9)13/h5-6,8,10H,2-4,7H2,1H3. The van der Waals surface area contributed by atoms with E-state index in [1.807, 2.05) is 6.07 Å². The lowest BCUT2D eigenvalue weighted by molar-refractivity contribution is 0.674. The fourth-order valence-corrected chi connectivity index (χ4v) is 1.85. The molecule has 0 saturated heterocycles. The molecule has 1 rings (SSSR count). The maximum atomic E-state index is 6.19. The van der Waals surface area contributed by atoms with Crippen molar-refractivity contribution in [1.82, 2.24) is 4.98 Å². The predicted molar refractivity (Wildman–Crippen MR) is 62.1 cm³/mol. The van der Waals surface area contributed by atoms with Gasteiger partial charge in [0, 0.05) is 17.8 Å². The zero-order valence-corrected chi connectivity index (χ0v) is 9.85. The molecule has 0 bridgehead atoms. The molecule has 0 aliphatic rings. The number of aromatic nitrogens is 1. The van der Waals surface area contributed by atoms with Gasteiger partial charge in [0.15, 0.2) is 0 Å². The van der Waals surface area contributed by atoms with Crippen molar-refractivity contribution < 1.29 is 0 Å². The van der Waals surface area contributed by atoms with E-state index in [0.29, 0.717) is 0 Å². The molecule has 78 valence electrons. The predicted octanol–water partition coefficient (Wildman–Crippen LogP) is 4.08. The van der Waals surface area contributed by atoms with Crippen LogP contribution in [0.2, 0.25) is 5.02 Å². The molecule has 0 radical (unpaired) electrons. The molecule has 0 aliphatic heterocycles. The molecule has 1 aromatic rings. The molecule has 0 aliphatic carbocycles. The zero-order valence-electron chi connectivity index (χ0n) is 8.34. The Morgan fingerprint density at radius 1 is 1.50 bits per heavy atom. The number of hydrogen-bond donors (Lipinski definition) is 0. The first-order chi connectivity index (χ1) is 6.74. The fraction of sp³-hybridized carbons (Fsp3) is 0.545. The van der Waals surface area contributed by atoms with Crippen LogP contribution in [0.25, 0.3) is 0 Å². The Balaban J connectivity index is 2.47. The minimum atomic E-state index is 0.190. The third-order valence-electron chi connectivity index (χ3n) is 2.17. The minimum absolute atomic E-state index is 0.190. The van der Waals surface area contributed by atoms with Gasteiger partial charge in [0.2, 0.25) is 0 Å². The van der Waals surface area contributed by atoms with E-state index in [1.54, 1.807) is 12.4 Å². The molecule has 1 atom stereocenters. The van der Waals surface area contributed by atoms with Crippen LogP contribution in [0.3, 0.4) is 0 Å². The lowest BCUT2D eigenvalue weighted by atomic mass is 10.1. The molecule has 0 spiro atoms. The van der Waals surface area contributed by atoms with E-state index in [9.17, 15) is 0 Å². The molecule has 0 N–H and O–H groups in total. The van der Waals surface area contributed by atoms with E-state index >= 15 is 0 Å². The van der Waals surface area contributed by atoms with E-state index in [0.717, 1.165) is 23.4 Å². The van der Waals surface area contributed by atoms with Gasteiger partial charge < -0.3 is 0 Å². The van der Waals surface area contributed by atoms with E-state index < -0.39 is 0 Å². The van der Waals surface area contributed by atoms with Crippen molar-refractivity contribution in [2.75, 3.05) is 0 Å². The van der Waals surface area contributed by atoms with E-state index in [1.165, 1.54) is 12.8 Å². The summed E-state index contributed by atoms with van der Waals surface area (Å²) in [5, 5.41) is 0.907. The van der Waals surface area contributed by atoms with Gasteiger partial charge in [-0.2, -0.15) is 0 Å². The Labute approximate surface area is 95.4 Å². The highest BCUT2D eigenvalue weighted by Gasteiger charge is 2.07. The van der Waals surface area contributed by atoms with Crippen LogP contribution in [0.1, 0.15) is 31.7 Å². The molecule has 0 saturated carbocycles. The lowest BCUT2D eigenvalue weighted by Crippen LogP contribution is -2.03. The van der Waals surface area contributed by atoms with Gasteiger partial charge in [0.1, 0.15) is 0 Å². The average Bonchev–Trinajstić information content (AvgIpc) is 2.18. The maximum Gasteiger partial charge on any atom is 0.0621 e. The quantitative estimate of drug-likeness (QED) is 0.697. The number of pyridine rings is 1. The molecular formula is C11H15Cl2N. The van der Waals surface area contributed by atoms with E-state index in [-0.39, 0.29) is 5.38 Å². The second-order valence-electron chi connectivity index (χ2n) is 3.41. The molecule has 3 heteroatoms. The summed E-state index contributed by atoms with van der Waals surface area (Å²) in [6.07, 6.45) is 7.68. The first-order valence-electron chi connectivity index (χ1n) is 4.96. The lowest BCUT2D eigenvalue weighted by Gasteiger charge is -2.09. The highest BCUT2D eigenvalue weighted by atomic mass is 35.5. The maximum absolute atomic E-state index is 6.19. The van der Waals surface area contributed by atoms with Gasteiger partial charge in [0.25, 0.3) is 0 Å². The van der Waals surface area contributed by atoms with Gasteiger partial charge in [-0.15, -0.1) is 11.6 Å². The van der Waals surface area contributed by atoms with Crippen molar-refractivity contribution in [3.63, 3.8) is 0 Å². The normalized spacial score (nSPS) is 12.8. The summed E-state index contributed by atoms with van der Waals surface area (Å²) in [6, 6.07) is 1.93. The van der Waals surface area contributed by atoms with Crippen molar-refractivity contribution in [3.8, 4) is 0 Å². The van der Waals surface area contributed by atoms with E-state index in [4.69, 9.17) is 23.2 Å². The Kier molecular flexibility index (Phi) is 5.28. The van der Waals surface area contributed by atoms with Crippen molar-refractivity contribution in [3.05, 3.63) is 29.0 Å². The Bertz CT molecular complexity index is 276. The third kappa shape index (κ3) is 3.85. The van der Waals surface area contributed by atoms with Gasteiger partial charge >= 0.3 is 0 Å². The highest BCUT2D eigenvalue weighted by Crippen LogP contribution is 2.19. The molecule has 0 fully saturated rings.